The maximum atomic E-state index is 12.6. The summed E-state index contributed by atoms with van der Waals surface area (Å²) in [5.74, 6) is 1.77. The fourth-order valence-electron chi connectivity index (χ4n) is 2.59. The maximum absolute atomic E-state index is 12.6. The van der Waals surface area contributed by atoms with Crippen LogP contribution in [0.5, 0.6) is 17.2 Å². The third-order valence-corrected chi connectivity index (χ3v) is 4.13. The first-order chi connectivity index (χ1) is 13.0. The molecule has 1 N–H and O–H groups in total. The lowest BCUT2D eigenvalue weighted by atomic mass is 10.1. The number of hydrogen-bond acceptors (Lipinski definition) is 3. The van der Waals surface area contributed by atoms with Crippen LogP contribution in [0.2, 0.25) is 0 Å². The lowest BCUT2D eigenvalue weighted by Crippen LogP contribution is -2.30. The topological polar surface area (TPSA) is 47.6 Å². The number of nitrogens with one attached hydrogen (secondary N) is 1. The van der Waals surface area contributed by atoms with Gasteiger partial charge in [-0.2, -0.15) is 0 Å². The fraction of sp³-hybridized carbons (Fsp3) is 0.174. The number of benzene rings is 3. The van der Waals surface area contributed by atoms with Crippen LogP contribution in [0.25, 0.3) is 0 Å². The molecule has 3 aromatic rings. The van der Waals surface area contributed by atoms with Crippen molar-refractivity contribution in [3.8, 4) is 17.2 Å². The van der Waals surface area contributed by atoms with Crippen molar-refractivity contribution < 1.29 is 14.3 Å². The van der Waals surface area contributed by atoms with E-state index in [1.165, 1.54) is 0 Å². The Morgan fingerprint density at radius 1 is 0.889 bits per heavy atom. The molecule has 0 spiro atoms. The van der Waals surface area contributed by atoms with Crippen molar-refractivity contribution in [2.75, 3.05) is 5.32 Å². The van der Waals surface area contributed by atoms with Gasteiger partial charge in [-0.05, 0) is 62.2 Å². The van der Waals surface area contributed by atoms with Gasteiger partial charge in [-0.1, -0.05) is 42.5 Å². The van der Waals surface area contributed by atoms with Crippen LogP contribution in [-0.2, 0) is 4.79 Å². The predicted octanol–water partition coefficient (Wildman–Crippen LogP) is 5.50. The van der Waals surface area contributed by atoms with E-state index in [0.717, 1.165) is 11.1 Å². The first kappa shape index (κ1) is 18.5. The minimum atomic E-state index is -0.643. The molecule has 138 valence electrons. The van der Waals surface area contributed by atoms with Crippen LogP contribution in [0.1, 0.15) is 18.1 Å². The number of para-hydroxylation sites is 3. The molecule has 0 unspecified atom stereocenters. The Hall–Kier alpha value is -3.27. The molecule has 1 amide bonds. The van der Waals surface area contributed by atoms with Gasteiger partial charge in [-0.3, -0.25) is 4.79 Å². The quantitative estimate of drug-likeness (QED) is 0.630. The third kappa shape index (κ3) is 4.88. The van der Waals surface area contributed by atoms with Gasteiger partial charge in [0.05, 0.1) is 5.69 Å². The third-order valence-electron chi connectivity index (χ3n) is 4.13. The molecule has 0 heterocycles. The molecule has 0 aromatic heterocycles. The molecule has 0 saturated heterocycles. The molecule has 4 heteroatoms. The van der Waals surface area contributed by atoms with E-state index in [2.05, 4.69) is 5.32 Å². The second kappa shape index (κ2) is 8.41. The molecule has 3 aromatic carbocycles. The highest BCUT2D eigenvalue weighted by atomic mass is 16.5. The second-order valence-corrected chi connectivity index (χ2v) is 6.43. The van der Waals surface area contributed by atoms with Crippen LogP contribution in [-0.4, -0.2) is 12.0 Å². The molecule has 0 saturated carbocycles. The minimum Gasteiger partial charge on any atom is -0.481 e. The lowest BCUT2D eigenvalue weighted by Gasteiger charge is -2.18. The number of amides is 1. The van der Waals surface area contributed by atoms with Gasteiger partial charge in [-0.25, -0.2) is 0 Å². The molecule has 3 rings (SSSR count). The molecule has 0 aliphatic heterocycles. The molecule has 27 heavy (non-hydrogen) atoms. The van der Waals surface area contributed by atoms with Crippen molar-refractivity contribution in [2.45, 2.75) is 26.9 Å². The van der Waals surface area contributed by atoms with Crippen molar-refractivity contribution in [1.29, 1.82) is 0 Å². The second-order valence-electron chi connectivity index (χ2n) is 6.43. The molecule has 0 fully saturated rings. The zero-order chi connectivity index (χ0) is 19.2. The Labute approximate surface area is 159 Å². The normalized spacial score (nSPS) is 11.5. The maximum Gasteiger partial charge on any atom is 0.265 e. The summed E-state index contributed by atoms with van der Waals surface area (Å²) in [4.78, 5) is 12.6. The first-order valence-corrected chi connectivity index (χ1v) is 8.89. The highest BCUT2D eigenvalue weighted by molar-refractivity contribution is 5.95. The number of aryl methyl sites for hydroxylation is 2. The molecule has 0 aliphatic rings. The molecule has 0 radical (unpaired) electrons. The zero-order valence-corrected chi connectivity index (χ0v) is 15.7. The summed E-state index contributed by atoms with van der Waals surface area (Å²) < 4.78 is 11.8. The first-order valence-electron chi connectivity index (χ1n) is 8.89. The summed E-state index contributed by atoms with van der Waals surface area (Å²) in [5.41, 5.74) is 2.68. The van der Waals surface area contributed by atoms with E-state index < -0.39 is 6.10 Å². The van der Waals surface area contributed by atoms with E-state index in [4.69, 9.17) is 9.47 Å². The van der Waals surface area contributed by atoms with E-state index in [1.54, 1.807) is 13.0 Å². The van der Waals surface area contributed by atoms with Gasteiger partial charge in [0, 0.05) is 0 Å². The van der Waals surface area contributed by atoms with Gasteiger partial charge in [0.25, 0.3) is 5.91 Å². The number of carbonyl (C=O) groups excluding carboxylic acids is 1. The Kier molecular flexibility index (Phi) is 5.77. The molecule has 1 atom stereocenters. The van der Waals surface area contributed by atoms with Crippen LogP contribution in [0.3, 0.4) is 0 Å². The summed E-state index contributed by atoms with van der Waals surface area (Å²) in [7, 11) is 0. The fourth-order valence-corrected chi connectivity index (χ4v) is 2.59. The van der Waals surface area contributed by atoms with Gasteiger partial charge in [-0.15, -0.1) is 0 Å². The number of carbonyl (C=O) groups is 1. The summed E-state index contributed by atoms with van der Waals surface area (Å²) in [6.45, 7) is 5.69. The smallest absolute Gasteiger partial charge is 0.265 e. The Bertz CT molecular complexity index is 922. The van der Waals surface area contributed by atoms with E-state index in [0.29, 0.717) is 22.9 Å². The van der Waals surface area contributed by atoms with Gasteiger partial charge in [0.2, 0.25) is 0 Å². The van der Waals surface area contributed by atoms with Crippen LogP contribution >= 0.6 is 0 Å². The summed E-state index contributed by atoms with van der Waals surface area (Å²) in [6.07, 6.45) is -0.643. The van der Waals surface area contributed by atoms with Crippen molar-refractivity contribution in [2.24, 2.45) is 0 Å². The lowest BCUT2D eigenvalue weighted by molar-refractivity contribution is -0.122. The predicted molar refractivity (Wildman–Crippen MR) is 108 cm³/mol. The molecule has 4 nitrogen and oxygen atoms in total. The van der Waals surface area contributed by atoms with Gasteiger partial charge >= 0.3 is 0 Å². The van der Waals surface area contributed by atoms with E-state index in [-0.39, 0.29) is 5.91 Å². The van der Waals surface area contributed by atoms with Crippen LogP contribution in [0.4, 0.5) is 5.69 Å². The van der Waals surface area contributed by atoms with Crippen molar-refractivity contribution in [3.05, 3.63) is 83.9 Å². The van der Waals surface area contributed by atoms with Crippen molar-refractivity contribution in [3.63, 3.8) is 0 Å². The van der Waals surface area contributed by atoms with Crippen molar-refractivity contribution in [1.82, 2.24) is 0 Å². The number of rotatable bonds is 6. The molecular formula is C23H23NO3. The number of anilines is 1. The minimum absolute atomic E-state index is 0.236. The Balaban J connectivity index is 1.71. The van der Waals surface area contributed by atoms with Crippen LogP contribution in [0, 0.1) is 13.8 Å². The Morgan fingerprint density at radius 3 is 2.37 bits per heavy atom. The largest absolute Gasteiger partial charge is 0.481 e. The van der Waals surface area contributed by atoms with E-state index in [1.807, 2.05) is 80.6 Å². The standard InChI is InChI=1S/C23H23NO3/c1-16-13-14-17(2)22(15-16)26-18(3)23(25)24-20-11-7-8-12-21(20)27-19-9-5-4-6-10-19/h4-15,18H,1-3H3,(H,24,25)/t18-/m0/s1. The molecule has 0 aliphatic carbocycles. The van der Waals surface area contributed by atoms with E-state index >= 15 is 0 Å². The van der Waals surface area contributed by atoms with Gasteiger partial charge in [0.15, 0.2) is 11.9 Å². The summed E-state index contributed by atoms with van der Waals surface area (Å²) >= 11 is 0. The monoisotopic (exact) mass is 361 g/mol. The molecular weight excluding hydrogens is 338 g/mol. The van der Waals surface area contributed by atoms with Crippen molar-refractivity contribution >= 4 is 11.6 Å². The SMILES string of the molecule is Cc1ccc(C)c(O[C@@H](C)C(=O)Nc2ccccc2Oc2ccccc2)c1. The average Bonchev–Trinajstić information content (AvgIpc) is 2.67. The number of ether oxygens (including phenoxy) is 2. The molecule has 0 bridgehead atoms. The highest BCUT2D eigenvalue weighted by Gasteiger charge is 2.17. The summed E-state index contributed by atoms with van der Waals surface area (Å²) in [6, 6.07) is 22.7. The summed E-state index contributed by atoms with van der Waals surface area (Å²) in [5, 5.41) is 2.90. The Morgan fingerprint density at radius 2 is 1.59 bits per heavy atom. The van der Waals surface area contributed by atoms with Crippen LogP contribution in [0.15, 0.2) is 72.8 Å². The van der Waals surface area contributed by atoms with Gasteiger partial charge < -0.3 is 14.8 Å². The highest BCUT2D eigenvalue weighted by Crippen LogP contribution is 2.29. The average molecular weight is 361 g/mol. The van der Waals surface area contributed by atoms with Crippen LogP contribution < -0.4 is 14.8 Å². The zero-order valence-electron chi connectivity index (χ0n) is 15.7. The van der Waals surface area contributed by atoms with Gasteiger partial charge in [0.1, 0.15) is 11.5 Å². The number of hydrogen-bond donors (Lipinski definition) is 1. The van der Waals surface area contributed by atoms with E-state index in [9.17, 15) is 4.79 Å².